The van der Waals surface area contributed by atoms with Gasteiger partial charge in [-0.2, -0.15) is 5.10 Å². The first-order valence-electron chi connectivity index (χ1n) is 8.70. The Hall–Kier alpha value is -3.03. The van der Waals surface area contributed by atoms with E-state index < -0.39 is 0 Å². The van der Waals surface area contributed by atoms with Crippen LogP contribution in [0.4, 0.5) is 0 Å². The van der Waals surface area contributed by atoms with Gasteiger partial charge >= 0.3 is 0 Å². The second kappa shape index (κ2) is 9.61. The number of ether oxygens (including phenoxy) is 2. The van der Waals surface area contributed by atoms with Crippen molar-refractivity contribution in [1.29, 1.82) is 0 Å². The van der Waals surface area contributed by atoms with Crippen LogP contribution in [-0.4, -0.2) is 55.7 Å². The quantitative estimate of drug-likeness (QED) is 0.460. The predicted molar refractivity (Wildman–Crippen MR) is 101 cm³/mol. The molecule has 0 atom stereocenters. The largest absolute Gasteiger partial charge is 0.457 e. The molecule has 0 radical (unpaired) electrons. The maximum atomic E-state index is 12.1. The average molecular weight is 367 g/mol. The topological polar surface area (TPSA) is 80.2 Å². The molecular formula is C20H21N3O4. The van der Waals surface area contributed by atoms with E-state index in [0.29, 0.717) is 37.6 Å². The lowest BCUT2D eigenvalue weighted by Gasteiger charge is -2.25. The number of hydrogen-bond acceptors (Lipinski definition) is 6. The van der Waals surface area contributed by atoms with Crippen LogP contribution in [0, 0.1) is 0 Å². The van der Waals surface area contributed by atoms with Crippen molar-refractivity contribution in [2.24, 2.45) is 5.10 Å². The summed E-state index contributed by atoms with van der Waals surface area (Å²) in [5, 5.41) is 3.74. The lowest BCUT2D eigenvalue weighted by molar-refractivity contribution is -0.123. The number of benzene rings is 2. The molecule has 0 spiro atoms. The molecular weight excluding hydrogens is 346 g/mol. The van der Waals surface area contributed by atoms with Crippen molar-refractivity contribution >= 4 is 17.9 Å². The van der Waals surface area contributed by atoms with Crippen LogP contribution >= 0.6 is 0 Å². The van der Waals surface area contributed by atoms with Crippen molar-refractivity contribution in [1.82, 2.24) is 10.3 Å². The third-order valence-corrected chi connectivity index (χ3v) is 3.96. The van der Waals surface area contributed by atoms with Gasteiger partial charge in [0.05, 0.1) is 26.0 Å². The van der Waals surface area contributed by atoms with E-state index in [1.54, 1.807) is 24.3 Å². The number of hydrazone groups is 1. The van der Waals surface area contributed by atoms with Gasteiger partial charge in [0.25, 0.3) is 5.91 Å². The molecule has 1 fully saturated rings. The highest BCUT2D eigenvalue weighted by Crippen LogP contribution is 2.21. The van der Waals surface area contributed by atoms with Gasteiger partial charge in [-0.05, 0) is 36.4 Å². The minimum atomic E-state index is -0.298. The Morgan fingerprint density at radius 1 is 1.04 bits per heavy atom. The summed E-state index contributed by atoms with van der Waals surface area (Å²) in [6, 6.07) is 16.1. The first-order valence-corrected chi connectivity index (χ1v) is 8.70. The number of nitrogens with zero attached hydrogens (tertiary/aromatic N) is 2. The van der Waals surface area contributed by atoms with Gasteiger partial charge in [-0.15, -0.1) is 0 Å². The number of para-hydroxylation sites is 1. The summed E-state index contributed by atoms with van der Waals surface area (Å²) < 4.78 is 10.9. The Labute approximate surface area is 157 Å². The Kier molecular flexibility index (Phi) is 6.67. The van der Waals surface area contributed by atoms with Crippen molar-refractivity contribution in [3.63, 3.8) is 0 Å². The predicted octanol–water partition coefficient (Wildman–Crippen LogP) is 2.10. The smallest absolute Gasteiger partial charge is 0.254 e. The van der Waals surface area contributed by atoms with Crippen molar-refractivity contribution in [3.8, 4) is 11.5 Å². The number of ketones is 1. The number of hydrogen-bond donors (Lipinski definition) is 1. The summed E-state index contributed by atoms with van der Waals surface area (Å²) in [7, 11) is 0. The maximum absolute atomic E-state index is 12.1. The molecule has 1 heterocycles. The molecule has 0 unspecified atom stereocenters. The molecule has 0 bridgehead atoms. The molecule has 1 amide bonds. The molecule has 3 rings (SSSR count). The summed E-state index contributed by atoms with van der Waals surface area (Å²) in [5.74, 6) is 0.801. The monoisotopic (exact) mass is 367 g/mol. The fourth-order valence-electron chi connectivity index (χ4n) is 2.55. The van der Waals surface area contributed by atoms with Crippen LogP contribution < -0.4 is 10.2 Å². The number of nitrogens with one attached hydrogen (secondary N) is 1. The van der Waals surface area contributed by atoms with E-state index in [4.69, 9.17) is 9.47 Å². The third kappa shape index (κ3) is 6.02. The highest BCUT2D eigenvalue weighted by Gasteiger charge is 2.13. The highest BCUT2D eigenvalue weighted by molar-refractivity contribution is 6.35. The van der Waals surface area contributed by atoms with E-state index in [2.05, 4.69) is 10.5 Å². The van der Waals surface area contributed by atoms with Crippen LogP contribution in [0.2, 0.25) is 0 Å². The summed E-state index contributed by atoms with van der Waals surface area (Å²) in [5.41, 5.74) is 2.84. The minimum Gasteiger partial charge on any atom is -0.457 e. The van der Waals surface area contributed by atoms with Crippen LogP contribution in [0.5, 0.6) is 11.5 Å². The molecule has 1 aliphatic heterocycles. The fourth-order valence-corrected chi connectivity index (χ4v) is 2.55. The summed E-state index contributed by atoms with van der Waals surface area (Å²) in [4.78, 5) is 25.9. The van der Waals surface area contributed by atoms with Gasteiger partial charge in [0.1, 0.15) is 11.5 Å². The molecule has 0 aromatic heterocycles. The molecule has 1 saturated heterocycles. The first-order chi connectivity index (χ1) is 13.2. The van der Waals surface area contributed by atoms with Gasteiger partial charge in [0.15, 0.2) is 0 Å². The van der Waals surface area contributed by atoms with Gasteiger partial charge < -0.3 is 9.47 Å². The zero-order chi connectivity index (χ0) is 18.9. The Morgan fingerprint density at radius 3 is 2.41 bits per heavy atom. The van der Waals surface area contributed by atoms with Gasteiger partial charge in [-0.3, -0.25) is 14.5 Å². The fraction of sp³-hybridized carbons (Fsp3) is 0.250. The molecule has 0 saturated carbocycles. The summed E-state index contributed by atoms with van der Waals surface area (Å²) in [6.45, 7) is 2.92. The number of Topliss-reactive ketones (excluding diaryl/α,β-unsaturated/α-hetero) is 1. The van der Waals surface area contributed by atoms with E-state index in [1.807, 2.05) is 35.2 Å². The van der Waals surface area contributed by atoms with Crippen molar-refractivity contribution in [3.05, 3.63) is 60.2 Å². The molecule has 0 aliphatic carbocycles. The second-order valence-corrected chi connectivity index (χ2v) is 5.99. The Bertz CT molecular complexity index is 785. The van der Waals surface area contributed by atoms with Crippen molar-refractivity contribution in [2.45, 2.75) is 0 Å². The standard InChI is InChI=1S/C20H21N3O4/c24-19(14-21-22-20(25)15-23-10-12-26-13-11-23)16-6-8-18(9-7-16)27-17-4-2-1-3-5-17/h1-9,14H,10-13,15H2,(H,22,25)/b21-14+. The highest BCUT2D eigenvalue weighted by atomic mass is 16.5. The van der Waals surface area contributed by atoms with Gasteiger partial charge in [0.2, 0.25) is 5.78 Å². The zero-order valence-electron chi connectivity index (χ0n) is 14.8. The van der Waals surface area contributed by atoms with Crippen LogP contribution in [0.25, 0.3) is 0 Å². The number of carbonyl (C=O) groups is 2. The van der Waals surface area contributed by atoms with Crippen LogP contribution in [0.15, 0.2) is 59.7 Å². The zero-order valence-corrected chi connectivity index (χ0v) is 14.8. The molecule has 1 N–H and O–H groups in total. The van der Waals surface area contributed by atoms with E-state index in [-0.39, 0.29) is 18.2 Å². The van der Waals surface area contributed by atoms with E-state index in [1.165, 1.54) is 0 Å². The maximum Gasteiger partial charge on any atom is 0.254 e. The van der Waals surface area contributed by atoms with Crippen LogP contribution in [-0.2, 0) is 9.53 Å². The van der Waals surface area contributed by atoms with Crippen LogP contribution in [0.1, 0.15) is 10.4 Å². The third-order valence-electron chi connectivity index (χ3n) is 3.96. The lowest BCUT2D eigenvalue weighted by Crippen LogP contribution is -2.42. The molecule has 2 aromatic carbocycles. The molecule has 27 heavy (non-hydrogen) atoms. The van der Waals surface area contributed by atoms with Gasteiger partial charge in [-0.1, -0.05) is 18.2 Å². The SMILES string of the molecule is O=C(CN1CCOCC1)N/N=C/C(=O)c1ccc(Oc2ccccc2)cc1. The van der Waals surface area contributed by atoms with E-state index >= 15 is 0 Å². The summed E-state index contributed by atoms with van der Waals surface area (Å²) >= 11 is 0. The molecule has 7 nitrogen and oxygen atoms in total. The molecule has 7 heteroatoms. The molecule has 2 aromatic rings. The lowest BCUT2D eigenvalue weighted by atomic mass is 10.1. The summed E-state index contributed by atoms with van der Waals surface area (Å²) in [6.07, 6.45) is 1.10. The van der Waals surface area contributed by atoms with E-state index in [9.17, 15) is 9.59 Å². The van der Waals surface area contributed by atoms with Crippen molar-refractivity contribution in [2.75, 3.05) is 32.8 Å². The number of rotatable bonds is 7. The average Bonchev–Trinajstić information content (AvgIpc) is 2.70. The molecule has 140 valence electrons. The first kappa shape index (κ1) is 18.8. The number of morpholine rings is 1. The Balaban J connectivity index is 1.47. The van der Waals surface area contributed by atoms with Gasteiger partial charge in [0, 0.05) is 18.7 Å². The molecule has 1 aliphatic rings. The Morgan fingerprint density at radius 2 is 1.70 bits per heavy atom. The van der Waals surface area contributed by atoms with E-state index in [0.717, 1.165) is 12.0 Å². The van der Waals surface area contributed by atoms with Crippen LogP contribution in [0.3, 0.4) is 0 Å². The van der Waals surface area contributed by atoms with Gasteiger partial charge in [-0.25, -0.2) is 5.43 Å². The normalized spacial score (nSPS) is 14.8. The minimum absolute atomic E-state index is 0.237. The second-order valence-electron chi connectivity index (χ2n) is 5.99. The van der Waals surface area contributed by atoms with Crippen molar-refractivity contribution < 1.29 is 19.1 Å². The number of amides is 1. The number of carbonyl (C=O) groups excluding carboxylic acids is 2.